The number of carbonyl (C=O) groups excluding carboxylic acids is 1. The number of carbonyl (C=O) groups is 1. The molecule has 0 aliphatic rings. The van der Waals surface area contributed by atoms with Gasteiger partial charge in [-0.05, 0) is 19.1 Å². The molecule has 0 saturated heterocycles. The van der Waals surface area contributed by atoms with Crippen molar-refractivity contribution in [1.82, 2.24) is 0 Å². The number of hydrogen-bond acceptors (Lipinski definition) is 4. The standard InChI is InChI=1S/C14H18O4/c1-11(2)14(15)18-10-6-9-17-13-8-5-4-7-12(13)16-3/h4-5,7-8H,1,6,9-10H2,2-3H3. The van der Waals surface area contributed by atoms with Crippen molar-refractivity contribution >= 4 is 5.97 Å². The molecule has 0 bridgehead atoms. The van der Waals surface area contributed by atoms with E-state index in [2.05, 4.69) is 6.58 Å². The Labute approximate surface area is 107 Å². The highest BCUT2D eigenvalue weighted by Gasteiger charge is 2.04. The van der Waals surface area contributed by atoms with Crippen LogP contribution in [0.1, 0.15) is 13.3 Å². The molecule has 98 valence electrons. The lowest BCUT2D eigenvalue weighted by molar-refractivity contribution is -0.139. The van der Waals surface area contributed by atoms with E-state index in [9.17, 15) is 4.79 Å². The molecule has 1 aromatic rings. The van der Waals surface area contributed by atoms with Gasteiger partial charge in [0.25, 0.3) is 0 Å². The molecule has 0 fully saturated rings. The minimum absolute atomic E-state index is 0.320. The fourth-order valence-corrected chi connectivity index (χ4v) is 1.27. The van der Waals surface area contributed by atoms with Gasteiger partial charge in [0.15, 0.2) is 11.5 Å². The van der Waals surface area contributed by atoms with Crippen LogP contribution in [0.25, 0.3) is 0 Å². The van der Waals surface area contributed by atoms with Crippen molar-refractivity contribution in [1.29, 1.82) is 0 Å². The van der Waals surface area contributed by atoms with Crippen LogP contribution in [0, 0.1) is 0 Å². The van der Waals surface area contributed by atoms with Gasteiger partial charge in [0.2, 0.25) is 0 Å². The minimum Gasteiger partial charge on any atom is -0.493 e. The van der Waals surface area contributed by atoms with E-state index in [-0.39, 0.29) is 5.97 Å². The molecule has 0 radical (unpaired) electrons. The zero-order valence-electron chi connectivity index (χ0n) is 10.8. The Morgan fingerprint density at radius 2 is 1.89 bits per heavy atom. The average molecular weight is 250 g/mol. The molecular formula is C14H18O4. The Morgan fingerprint density at radius 1 is 1.22 bits per heavy atom. The summed E-state index contributed by atoms with van der Waals surface area (Å²) in [6.45, 7) is 5.90. The molecule has 0 amide bonds. The normalized spacial score (nSPS) is 9.67. The first-order valence-corrected chi connectivity index (χ1v) is 5.73. The Balaban J connectivity index is 2.26. The van der Waals surface area contributed by atoms with Gasteiger partial charge in [-0.2, -0.15) is 0 Å². The predicted molar refractivity (Wildman–Crippen MR) is 68.9 cm³/mol. The molecule has 0 atom stereocenters. The molecule has 0 unspecified atom stereocenters. The fourth-order valence-electron chi connectivity index (χ4n) is 1.27. The third-order valence-electron chi connectivity index (χ3n) is 2.20. The van der Waals surface area contributed by atoms with Gasteiger partial charge in [-0.1, -0.05) is 18.7 Å². The lowest BCUT2D eigenvalue weighted by Gasteiger charge is -2.10. The van der Waals surface area contributed by atoms with Crippen molar-refractivity contribution < 1.29 is 19.0 Å². The highest BCUT2D eigenvalue weighted by Crippen LogP contribution is 2.25. The maximum absolute atomic E-state index is 11.1. The zero-order valence-corrected chi connectivity index (χ0v) is 10.8. The summed E-state index contributed by atoms with van der Waals surface area (Å²) >= 11 is 0. The van der Waals surface area contributed by atoms with Crippen LogP contribution in [0.5, 0.6) is 11.5 Å². The number of ether oxygens (including phenoxy) is 3. The van der Waals surface area contributed by atoms with E-state index in [1.807, 2.05) is 24.3 Å². The maximum atomic E-state index is 11.1. The number of benzene rings is 1. The summed E-state index contributed by atoms with van der Waals surface area (Å²) in [7, 11) is 1.59. The summed E-state index contributed by atoms with van der Waals surface area (Å²) in [6.07, 6.45) is 0.622. The molecular weight excluding hydrogens is 232 g/mol. The second-order valence-electron chi connectivity index (χ2n) is 3.77. The monoisotopic (exact) mass is 250 g/mol. The molecule has 0 heterocycles. The second kappa shape index (κ2) is 7.37. The van der Waals surface area contributed by atoms with Gasteiger partial charge in [0.05, 0.1) is 20.3 Å². The van der Waals surface area contributed by atoms with Gasteiger partial charge in [0.1, 0.15) is 0 Å². The van der Waals surface area contributed by atoms with Crippen LogP contribution in [0.15, 0.2) is 36.4 Å². The van der Waals surface area contributed by atoms with Crippen LogP contribution < -0.4 is 9.47 Å². The summed E-state index contributed by atoms with van der Waals surface area (Å²) in [5, 5.41) is 0. The van der Waals surface area contributed by atoms with E-state index in [0.717, 1.165) is 0 Å². The van der Waals surface area contributed by atoms with Gasteiger partial charge in [-0.25, -0.2) is 4.79 Å². The predicted octanol–water partition coefficient (Wildman–Crippen LogP) is 2.58. The molecule has 4 nitrogen and oxygen atoms in total. The largest absolute Gasteiger partial charge is 0.493 e. The van der Waals surface area contributed by atoms with Gasteiger partial charge in [-0.3, -0.25) is 0 Å². The number of rotatable bonds is 7. The van der Waals surface area contributed by atoms with Crippen molar-refractivity contribution in [3.8, 4) is 11.5 Å². The van der Waals surface area contributed by atoms with Crippen LogP contribution in [-0.4, -0.2) is 26.3 Å². The van der Waals surface area contributed by atoms with Crippen LogP contribution in [0.4, 0.5) is 0 Å². The van der Waals surface area contributed by atoms with Crippen LogP contribution in [-0.2, 0) is 9.53 Å². The van der Waals surface area contributed by atoms with Gasteiger partial charge in [0, 0.05) is 12.0 Å². The van der Waals surface area contributed by atoms with Crippen molar-refractivity contribution in [2.45, 2.75) is 13.3 Å². The third-order valence-corrected chi connectivity index (χ3v) is 2.20. The topological polar surface area (TPSA) is 44.8 Å². The Bertz CT molecular complexity index is 412. The summed E-state index contributed by atoms with van der Waals surface area (Å²) < 4.78 is 15.6. The van der Waals surface area contributed by atoms with E-state index in [1.165, 1.54) is 0 Å². The molecule has 1 rings (SSSR count). The highest BCUT2D eigenvalue weighted by atomic mass is 16.5. The quantitative estimate of drug-likeness (QED) is 0.424. The second-order valence-corrected chi connectivity index (χ2v) is 3.77. The van der Waals surface area contributed by atoms with Crippen LogP contribution in [0.2, 0.25) is 0 Å². The summed E-state index contributed by atoms with van der Waals surface area (Å²) in [6, 6.07) is 7.41. The first-order chi connectivity index (χ1) is 8.65. The Hall–Kier alpha value is -1.97. The number of hydrogen-bond donors (Lipinski definition) is 0. The lowest BCUT2D eigenvalue weighted by Crippen LogP contribution is -2.09. The molecule has 0 aromatic heterocycles. The lowest BCUT2D eigenvalue weighted by atomic mass is 10.3. The Morgan fingerprint density at radius 3 is 2.50 bits per heavy atom. The van der Waals surface area contributed by atoms with Crippen molar-refractivity contribution in [3.05, 3.63) is 36.4 Å². The van der Waals surface area contributed by atoms with E-state index >= 15 is 0 Å². The van der Waals surface area contributed by atoms with Crippen molar-refractivity contribution in [2.24, 2.45) is 0 Å². The average Bonchev–Trinajstić information content (AvgIpc) is 2.38. The van der Waals surface area contributed by atoms with Gasteiger partial charge in [-0.15, -0.1) is 0 Å². The molecule has 0 N–H and O–H groups in total. The van der Waals surface area contributed by atoms with E-state index in [1.54, 1.807) is 14.0 Å². The summed E-state index contributed by atoms with van der Waals surface area (Å²) in [5.41, 5.74) is 0.403. The molecule has 0 saturated carbocycles. The SMILES string of the molecule is C=C(C)C(=O)OCCCOc1ccccc1OC. The zero-order chi connectivity index (χ0) is 13.4. The highest BCUT2D eigenvalue weighted by molar-refractivity contribution is 5.86. The van der Waals surface area contributed by atoms with Crippen LogP contribution in [0.3, 0.4) is 0 Å². The molecule has 1 aromatic carbocycles. The molecule has 18 heavy (non-hydrogen) atoms. The third kappa shape index (κ3) is 4.49. The summed E-state index contributed by atoms with van der Waals surface area (Å²) in [5.74, 6) is 1.01. The minimum atomic E-state index is -0.368. The molecule has 0 spiro atoms. The fraction of sp³-hybridized carbons (Fsp3) is 0.357. The molecule has 0 aliphatic carbocycles. The summed E-state index contributed by atoms with van der Waals surface area (Å²) in [4.78, 5) is 11.1. The van der Waals surface area contributed by atoms with Gasteiger partial charge < -0.3 is 14.2 Å². The molecule has 4 heteroatoms. The van der Waals surface area contributed by atoms with Crippen LogP contribution >= 0.6 is 0 Å². The van der Waals surface area contributed by atoms with E-state index in [0.29, 0.717) is 36.7 Å². The van der Waals surface area contributed by atoms with E-state index < -0.39 is 0 Å². The first-order valence-electron chi connectivity index (χ1n) is 5.73. The smallest absolute Gasteiger partial charge is 0.333 e. The first kappa shape index (κ1) is 14.1. The van der Waals surface area contributed by atoms with Gasteiger partial charge >= 0.3 is 5.97 Å². The van der Waals surface area contributed by atoms with Crippen molar-refractivity contribution in [2.75, 3.05) is 20.3 Å². The number of esters is 1. The number of methoxy groups -OCH3 is 1. The maximum Gasteiger partial charge on any atom is 0.333 e. The number of para-hydroxylation sites is 2. The van der Waals surface area contributed by atoms with E-state index in [4.69, 9.17) is 14.2 Å². The molecule has 0 aliphatic heterocycles. The Kier molecular flexibility index (Phi) is 5.77. The van der Waals surface area contributed by atoms with Crippen molar-refractivity contribution in [3.63, 3.8) is 0 Å².